The Labute approximate surface area is 150 Å². The van der Waals surface area contributed by atoms with Crippen molar-refractivity contribution in [3.8, 4) is 5.69 Å². The van der Waals surface area contributed by atoms with Crippen LogP contribution in [0.3, 0.4) is 0 Å². The average Bonchev–Trinajstić information content (AvgIpc) is 3.04. The molecule has 24 heavy (non-hydrogen) atoms. The highest BCUT2D eigenvalue weighted by Crippen LogP contribution is 2.24. The molecule has 1 amide bonds. The number of nitrogens with one attached hydrogen (secondary N) is 1. The van der Waals surface area contributed by atoms with Gasteiger partial charge >= 0.3 is 0 Å². The molecule has 1 aromatic heterocycles. The van der Waals surface area contributed by atoms with Gasteiger partial charge in [0.15, 0.2) is 0 Å². The van der Waals surface area contributed by atoms with Crippen LogP contribution in [0.5, 0.6) is 0 Å². The number of benzene rings is 1. The molecule has 0 spiro atoms. The first-order chi connectivity index (χ1) is 11.6. The predicted octanol–water partition coefficient (Wildman–Crippen LogP) is 3.10. The maximum Gasteiger partial charge on any atom is 0.230 e. The van der Waals surface area contributed by atoms with Crippen LogP contribution in [0.25, 0.3) is 5.69 Å². The second-order valence-corrected chi connectivity index (χ2v) is 7.45. The molecular formula is C16H20ClN5OS. The van der Waals surface area contributed by atoms with E-state index in [1.807, 2.05) is 12.1 Å². The van der Waals surface area contributed by atoms with E-state index >= 15 is 0 Å². The van der Waals surface area contributed by atoms with Crippen molar-refractivity contribution in [3.63, 3.8) is 0 Å². The zero-order valence-corrected chi connectivity index (χ0v) is 15.1. The van der Waals surface area contributed by atoms with Crippen molar-refractivity contribution in [2.45, 2.75) is 43.8 Å². The van der Waals surface area contributed by atoms with Gasteiger partial charge in [-0.2, -0.15) is 4.68 Å². The minimum Gasteiger partial charge on any atom is -0.352 e. The number of nitrogens with zero attached hydrogens (tertiary/aromatic N) is 4. The maximum atomic E-state index is 12.2. The van der Waals surface area contributed by atoms with Crippen molar-refractivity contribution >= 4 is 29.3 Å². The van der Waals surface area contributed by atoms with E-state index in [0.717, 1.165) is 12.1 Å². The van der Waals surface area contributed by atoms with Crippen LogP contribution in [-0.2, 0) is 4.79 Å². The summed E-state index contributed by atoms with van der Waals surface area (Å²) in [5.41, 5.74) is 0.813. The summed E-state index contributed by atoms with van der Waals surface area (Å²) >= 11 is 7.23. The molecule has 8 heteroatoms. The maximum absolute atomic E-state index is 12.2. The van der Waals surface area contributed by atoms with Crippen molar-refractivity contribution in [1.29, 1.82) is 0 Å². The molecule has 1 aliphatic carbocycles. The number of rotatable bonds is 5. The van der Waals surface area contributed by atoms with Gasteiger partial charge in [0, 0.05) is 11.1 Å². The lowest BCUT2D eigenvalue weighted by Gasteiger charge is -2.29. The number of carbonyl (C=O) groups is 1. The van der Waals surface area contributed by atoms with Gasteiger partial charge in [0.1, 0.15) is 0 Å². The Morgan fingerprint density at radius 1 is 1.33 bits per heavy atom. The van der Waals surface area contributed by atoms with Crippen molar-refractivity contribution in [1.82, 2.24) is 25.5 Å². The molecule has 2 atom stereocenters. The van der Waals surface area contributed by atoms with Gasteiger partial charge < -0.3 is 5.32 Å². The Bertz CT molecular complexity index is 690. The van der Waals surface area contributed by atoms with E-state index in [9.17, 15) is 4.79 Å². The third-order valence-corrected chi connectivity index (χ3v) is 5.47. The van der Waals surface area contributed by atoms with E-state index in [4.69, 9.17) is 11.6 Å². The number of carbonyl (C=O) groups excluding carboxylic acids is 1. The van der Waals surface area contributed by atoms with Gasteiger partial charge in [-0.3, -0.25) is 4.79 Å². The highest BCUT2D eigenvalue weighted by molar-refractivity contribution is 7.99. The molecule has 1 N–H and O–H groups in total. The van der Waals surface area contributed by atoms with Gasteiger partial charge in [0.05, 0.1) is 11.4 Å². The lowest BCUT2D eigenvalue weighted by molar-refractivity contribution is -0.119. The van der Waals surface area contributed by atoms with Gasteiger partial charge in [0.25, 0.3) is 0 Å². The van der Waals surface area contributed by atoms with Gasteiger partial charge in [-0.25, -0.2) is 0 Å². The lowest BCUT2D eigenvalue weighted by atomic mass is 9.86. The molecule has 0 aliphatic heterocycles. The highest BCUT2D eigenvalue weighted by atomic mass is 35.5. The van der Waals surface area contributed by atoms with E-state index in [0.29, 0.717) is 27.9 Å². The zero-order chi connectivity index (χ0) is 16.9. The summed E-state index contributed by atoms with van der Waals surface area (Å²) in [6, 6.07) is 7.53. The van der Waals surface area contributed by atoms with Crippen LogP contribution in [0.4, 0.5) is 0 Å². The SMILES string of the molecule is CC1CCCCC1NC(=O)CSc1nnnn1-c1ccc(Cl)cc1. The van der Waals surface area contributed by atoms with E-state index in [1.165, 1.54) is 31.0 Å². The molecule has 0 bridgehead atoms. The molecule has 1 aromatic carbocycles. The topological polar surface area (TPSA) is 72.7 Å². The van der Waals surface area contributed by atoms with Crippen LogP contribution < -0.4 is 5.32 Å². The Morgan fingerprint density at radius 3 is 2.83 bits per heavy atom. The van der Waals surface area contributed by atoms with E-state index < -0.39 is 0 Å². The number of hydrogen-bond acceptors (Lipinski definition) is 5. The van der Waals surface area contributed by atoms with Crippen LogP contribution in [0.1, 0.15) is 32.6 Å². The number of halogens is 1. The predicted molar refractivity (Wildman–Crippen MR) is 94.5 cm³/mol. The molecule has 1 heterocycles. The van der Waals surface area contributed by atoms with Crippen molar-refractivity contribution in [2.24, 2.45) is 5.92 Å². The first-order valence-electron chi connectivity index (χ1n) is 8.10. The molecule has 2 aromatic rings. The number of thioether (sulfide) groups is 1. The quantitative estimate of drug-likeness (QED) is 0.824. The summed E-state index contributed by atoms with van der Waals surface area (Å²) in [5.74, 6) is 0.883. The summed E-state index contributed by atoms with van der Waals surface area (Å²) < 4.78 is 1.61. The molecular weight excluding hydrogens is 346 g/mol. The lowest BCUT2D eigenvalue weighted by Crippen LogP contribution is -2.41. The van der Waals surface area contributed by atoms with Crippen molar-refractivity contribution < 1.29 is 4.79 Å². The average molecular weight is 366 g/mol. The number of aromatic nitrogens is 4. The Balaban J connectivity index is 1.58. The fourth-order valence-corrected chi connectivity index (χ4v) is 3.75. The minimum atomic E-state index is 0.0319. The molecule has 0 radical (unpaired) electrons. The summed E-state index contributed by atoms with van der Waals surface area (Å²) in [7, 11) is 0. The summed E-state index contributed by atoms with van der Waals surface area (Å²) in [6.07, 6.45) is 4.71. The van der Waals surface area contributed by atoms with Crippen LogP contribution in [0.15, 0.2) is 29.4 Å². The zero-order valence-electron chi connectivity index (χ0n) is 13.5. The summed E-state index contributed by atoms with van der Waals surface area (Å²) in [6.45, 7) is 2.21. The molecule has 1 fully saturated rings. The summed E-state index contributed by atoms with van der Waals surface area (Å²) in [4.78, 5) is 12.2. The fourth-order valence-electron chi connectivity index (χ4n) is 2.92. The van der Waals surface area contributed by atoms with E-state index in [1.54, 1.807) is 16.8 Å². The molecule has 0 saturated heterocycles. The number of hydrogen-bond donors (Lipinski definition) is 1. The van der Waals surface area contributed by atoms with E-state index in [-0.39, 0.29) is 5.91 Å². The monoisotopic (exact) mass is 365 g/mol. The molecule has 1 saturated carbocycles. The van der Waals surface area contributed by atoms with E-state index in [2.05, 4.69) is 27.8 Å². The Morgan fingerprint density at radius 2 is 2.08 bits per heavy atom. The third kappa shape index (κ3) is 4.27. The van der Waals surface area contributed by atoms with Crippen LogP contribution in [-0.4, -0.2) is 37.9 Å². The first-order valence-corrected chi connectivity index (χ1v) is 9.46. The van der Waals surface area contributed by atoms with Gasteiger partial charge in [-0.05, 0) is 53.5 Å². The molecule has 128 valence electrons. The van der Waals surface area contributed by atoms with Crippen LogP contribution >= 0.6 is 23.4 Å². The molecule has 1 aliphatic rings. The van der Waals surface area contributed by atoms with Crippen LogP contribution in [0.2, 0.25) is 5.02 Å². The minimum absolute atomic E-state index is 0.0319. The molecule has 6 nitrogen and oxygen atoms in total. The number of amides is 1. The standard InChI is InChI=1S/C16H20ClN5OS/c1-11-4-2-3-5-14(11)18-15(23)10-24-16-19-20-21-22(16)13-8-6-12(17)7-9-13/h6-9,11,14H,2-5,10H2,1H3,(H,18,23). The Hall–Kier alpha value is -1.60. The second kappa shape index (κ2) is 7.98. The first kappa shape index (κ1) is 17.2. The summed E-state index contributed by atoms with van der Waals surface area (Å²) in [5, 5.41) is 16.1. The third-order valence-electron chi connectivity index (χ3n) is 4.30. The van der Waals surface area contributed by atoms with Gasteiger partial charge in [-0.1, -0.05) is 43.1 Å². The number of tetrazole rings is 1. The second-order valence-electron chi connectivity index (χ2n) is 6.07. The van der Waals surface area contributed by atoms with Crippen molar-refractivity contribution in [2.75, 3.05) is 5.75 Å². The van der Waals surface area contributed by atoms with Crippen LogP contribution in [0, 0.1) is 5.92 Å². The molecule has 3 rings (SSSR count). The van der Waals surface area contributed by atoms with Crippen molar-refractivity contribution in [3.05, 3.63) is 29.3 Å². The normalized spacial score (nSPS) is 20.8. The van der Waals surface area contributed by atoms with Gasteiger partial charge in [-0.15, -0.1) is 5.10 Å². The van der Waals surface area contributed by atoms with Gasteiger partial charge in [0.2, 0.25) is 11.1 Å². The Kier molecular flexibility index (Phi) is 5.73. The smallest absolute Gasteiger partial charge is 0.230 e. The largest absolute Gasteiger partial charge is 0.352 e. The fraction of sp³-hybridized carbons (Fsp3) is 0.500. The highest BCUT2D eigenvalue weighted by Gasteiger charge is 2.23. The molecule has 2 unspecified atom stereocenters.